The third-order valence-electron chi connectivity index (χ3n) is 2.28. The Morgan fingerprint density at radius 1 is 1.50 bits per heavy atom. The molecule has 1 rings (SSSR count). The number of halogens is 3. The molecule has 0 aromatic carbocycles. The standard InChI is InChI=1S/C11H17F3N2OS/c1-2-9(10-16-5-7-18-10)15-4-3-6-17-8-11(12,13)14/h5,7,9,15H,2-4,6,8H2,1H3. The van der Waals surface area contributed by atoms with Gasteiger partial charge in [-0.3, -0.25) is 0 Å². The Balaban J connectivity index is 2.10. The number of nitrogens with one attached hydrogen (secondary N) is 1. The van der Waals surface area contributed by atoms with Crippen molar-refractivity contribution in [1.29, 1.82) is 0 Å². The number of ether oxygens (including phenoxy) is 1. The second-order valence-corrected chi connectivity index (χ2v) is 4.73. The molecular formula is C11H17F3N2OS. The Morgan fingerprint density at radius 3 is 2.83 bits per heavy atom. The number of hydrogen-bond donors (Lipinski definition) is 1. The monoisotopic (exact) mass is 282 g/mol. The molecule has 0 radical (unpaired) electrons. The summed E-state index contributed by atoms with van der Waals surface area (Å²) >= 11 is 1.57. The Morgan fingerprint density at radius 2 is 2.28 bits per heavy atom. The lowest BCUT2D eigenvalue weighted by molar-refractivity contribution is -0.173. The van der Waals surface area contributed by atoms with E-state index in [2.05, 4.69) is 15.0 Å². The van der Waals surface area contributed by atoms with Gasteiger partial charge in [0.2, 0.25) is 0 Å². The van der Waals surface area contributed by atoms with Crippen LogP contribution in [0.3, 0.4) is 0 Å². The summed E-state index contributed by atoms with van der Waals surface area (Å²) in [7, 11) is 0. The predicted molar refractivity (Wildman–Crippen MR) is 64.6 cm³/mol. The number of rotatable bonds is 8. The van der Waals surface area contributed by atoms with Gasteiger partial charge in [-0.15, -0.1) is 11.3 Å². The van der Waals surface area contributed by atoms with E-state index in [1.54, 1.807) is 17.5 Å². The van der Waals surface area contributed by atoms with Crippen LogP contribution in [-0.4, -0.2) is 30.9 Å². The zero-order chi connectivity index (χ0) is 13.4. The molecule has 0 spiro atoms. The molecule has 0 aliphatic heterocycles. The maximum Gasteiger partial charge on any atom is 0.411 e. The topological polar surface area (TPSA) is 34.1 Å². The van der Waals surface area contributed by atoms with Crippen molar-refractivity contribution in [1.82, 2.24) is 10.3 Å². The summed E-state index contributed by atoms with van der Waals surface area (Å²) in [5, 5.41) is 6.17. The summed E-state index contributed by atoms with van der Waals surface area (Å²) in [6.45, 7) is 1.60. The lowest BCUT2D eigenvalue weighted by atomic mass is 10.2. The first kappa shape index (κ1) is 15.4. The van der Waals surface area contributed by atoms with Crippen molar-refractivity contribution in [3.05, 3.63) is 16.6 Å². The van der Waals surface area contributed by atoms with E-state index in [9.17, 15) is 13.2 Å². The molecule has 1 aromatic rings. The Hall–Kier alpha value is -0.660. The first-order chi connectivity index (χ1) is 8.53. The van der Waals surface area contributed by atoms with Crippen LogP contribution in [0.2, 0.25) is 0 Å². The SMILES string of the molecule is CCC(NCCCOCC(F)(F)F)c1nccs1. The average Bonchev–Trinajstić information content (AvgIpc) is 2.80. The van der Waals surface area contributed by atoms with Crippen LogP contribution in [0.4, 0.5) is 13.2 Å². The van der Waals surface area contributed by atoms with Crippen molar-refractivity contribution < 1.29 is 17.9 Å². The van der Waals surface area contributed by atoms with Crippen LogP contribution in [0.15, 0.2) is 11.6 Å². The van der Waals surface area contributed by atoms with Crippen molar-refractivity contribution in [3.63, 3.8) is 0 Å². The Kier molecular flexibility index (Phi) is 6.59. The first-order valence-corrected chi connectivity index (χ1v) is 6.68. The molecule has 0 fully saturated rings. The largest absolute Gasteiger partial charge is 0.411 e. The molecule has 0 aliphatic rings. The summed E-state index contributed by atoms with van der Waals surface area (Å²) in [6, 6.07) is 0.174. The highest BCUT2D eigenvalue weighted by Gasteiger charge is 2.27. The number of nitrogens with zero attached hydrogens (tertiary/aromatic N) is 1. The minimum Gasteiger partial charge on any atom is -0.372 e. The Bertz CT molecular complexity index is 317. The smallest absolute Gasteiger partial charge is 0.372 e. The highest BCUT2D eigenvalue weighted by atomic mass is 32.1. The zero-order valence-electron chi connectivity index (χ0n) is 10.2. The molecule has 0 bridgehead atoms. The molecule has 1 heterocycles. The van der Waals surface area contributed by atoms with Gasteiger partial charge in [0.25, 0.3) is 0 Å². The second-order valence-electron chi connectivity index (χ2n) is 3.81. The van der Waals surface area contributed by atoms with Crippen LogP contribution in [0.5, 0.6) is 0 Å². The third-order valence-corrected chi connectivity index (χ3v) is 3.17. The third kappa shape index (κ3) is 6.32. The number of hydrogen-bond acceptors (Lipinski definition) is 4. The molecular weight excluding hydrogens is 265 g/mol. The summed E-state index contributed by atoms with van der Waals surface area (Å²) in [4.78, 5) is 4.21. The lowest BCUT2D eigenvalue weighted by Gasteiger charge is -2.14. The fourth-order valence-corrected chi connectivity index (χ4v) is 2.25. The van der Waals surface area contributed by atoms with E-state index >= 15 is 0 Å². The van der Waals surface area contributed by atoms with Gasteiger partial charge in [0.15, 0.2) is 0 Å². The molecule has 18 heavy (non-hydrogen) atoms. The average molecular weight is 282 g/mol. The second kappa shape index (κ2) is 7.70. The van der Waals surface area contributed by atoms with Gasteiger partial charge in [0.05, 0.1) is 6.04 Å². The molecule has 3 nitrogen and oxygen atoms in total. The molecule has 1 aromatic heterocycles. The van der Waals surface area contributed by atoms with Gasteiger partial charge < -0.3 is 10.1 Å². The molecule has 0 aliphatic carbocycles. The van der Waals surface area contributed by atoms with Crippen molar-refractivity contribution >= 4 is 11.3 Å². The van der Waals surface area contributed by atoms with E-state index < -0.39 is 12.8 Å². The summed E-state index contributed by atoms with van der Waals surface area (Å²) in [5.74, 6) is 0. The van der Waals surface area contributed by atoms with Crippen LogP contribution in [0.25, 0.3) is 0 Å². The lowest BCUT2D eigenvalue weighted by Crippen LogP contribution is -2.24. The zero-order valence-corrected chi connectivity index (χ0v) is 11.0. The molecule has 0 saturated carbocycles. The summed E-state index contributed by atoms with van der Waals surface area (Å²) in [6.07, 6.45) is -1.04. The summed E-state index contributed by atoms with van der Waals surface area (Å²) in [5.41, 5.74) is 0. The maximum absolute atomic E-state index is 11.8. The van der Waals surface area contributed by atoms with E-state index in [0.29, 0.717) is 13.0 Å². The fraction of sp³-hybridized carbons (Fsp3) is 0.727. The number of thiazole rings is 1. The summed E-state index contributed by atoms with van der Waals surface area (Å²) < 4.78 is 39.9. The van der Waals surface area contributed by atoms with Crippen LogP contribution in [-0.2, 0) is 4.74 Å². The van der Waals surface area contributed by atoms with Crippen molar-refractivity contribution in [2.24, 2.45) is 0 Å². The molecule has 104 valence electrons. The van der Waals surface area contributed by atoms with Gasteiger partial charge in [-0.25, -0.2) is 4.98 Å². The minimum absolute atomic E-state index is 0.112. The van der Waals surface area contributed by atoms with Gasteiger partial charge in [-0.05, 0) is 19.4 Å². The van der Waals surface area contributed by atoms with Crippen LogP contribution in [0.1, 0.15) is 30.8 Å². The quantitative estimate of drug-likeness (QED) is 0.744. The molecule has 0 saturated heterocycles. The van der Waals surface area contributed by atoms with E-state index in [1.165, 1.54) is 0 Å². The normalized spacial score (nSPS) is 13.8. The highest BCUT2D eigenvalue weighted by Crippen LogP contribution is 2.18. The van der Waals surface area contributed by atoms with E-state index in [-0.39, 0.29) is 12.6 Å². The molecule has 1 unspecified atom stereocenters. The van der Waals surface area contributed by atoms with Crippen LogP contribution in [0, 0.1) is 0 Å². The Labute approximate surface area is 108 Å². The van der Waals surface area contributed by atoms with E-state index in [4.69, 9.17) is 0 Å². The number of aromatic nitrogens is 1. The van der Waals surface area contributed by atoms with Gasteiger partial charge in [-0.1, -0.05) is 6.92 Å². The van der Waals surface area contributed by atoms with Crippen molar-refractivity contribution in [2.45, 2.75) is 32.0 Å². The minimum atomic E-state index is -4.24. The van der Waals surface area contributed by atoms with E-state index in [0.717, 1.165) is 11.4 Å². The van der Waals surface area contributed by atoms with Gasteiger partial charge in [0, 0.05) is 18.2 Å². The van der Waals surface area contributed by atoms with Crippen LogP contribution >= 0.6 is 11.3 Å². The first-order valence-electron chi connectivity index (χ1n) is 5.80. The highest BCUT2D eigenvalue weighted by molar-refractivity contribution is 7.09. The van der Waals surface area contributed by atoms with Crippen molar-refractivity contribution in [3.8, 4) is 0 Å². The van der Waals surface area contributed by atoms with Gasteiger partial charge >= 0.3 is 6.18 Å². The van der Waals surface area contributed by atoms with Crippen LogP contribution < -0.4 is 5.32 Å². The fourth-order valence-electron chi connectivity index (χ4n) is 1.45. The number of alkyl halides is 3. The molecule has 1 N–H and O–H groups in total. The molecule has 0 amide bonds. The van der Waals surface area contributed by atoms with E-state index in [1.807, 2.05) is 12.3 Å². The molecule has 1 atom stereocenters. The van der Waals surface area contributed by atoms with Gasteiger partial charge in [-0.2, -0.15) is 13.2 Å². The van der Waals surface area contributed by atoms with Crippen molar-refractivity contribution in [2.75, 3.05) is 19.8 Å². The predicted octanol–water partition coefficient (Wildman–Crippen LogP) is 3.15. The van der Waals surface area contributed by atoms with Gasteiger partial charge in [0.1, 0.15) is 11.6 Å². The maximum atomic E-state index is 11.8. The molecule has 7 heteroatoms.